The minimum absolute atomic E-state index is 0.488. The van der Waals surface area contributed by atoms with Crippen LogP contribution in [-0.4, -0.2) is 15.0 Å². The number of benzene rings is 2. The van der Waals surface area contributed by atoms with E-state index in [2.05, 4.69) is 95.7 Å². The Labute approximate surface area is 135 Å². The van der Waals surface area contributed by atoms with Crippen molar-refractivity contribution in [3.63, 3.8) is 0 Å². The standard InChI is InChI=1S/C18H17BrSe/c1-2-6-16(13-15-9-11-17(19)12-10-15)14-20-18-7-4-3-5-8-18/h2-13H,14H2,1H3/b6-2+,16-13+. The molecule has 20 heavy (non-hydrogen) atoms. The average Bonchev–Trinajstić information content (AvgIpc) is 2.48. The maximum atomic E-state index is 3.47. The molecule has 2 rings (SSSR count). The van der Waals surface area contributed by atoms with Crippen molar-refractivity contribution in [3.8, 4) is 0 Å². The Morgan fingerprint density at radius 2 is 1.75 bits per heavy atom. The summed E-state index contributed by atoms with van der Waals surface area (Å²) >= 11 is 3.96. The van der Waals surface area contributed by atoms with Crippen LogP contribution in [0.4, 0.5) is 0 Å². The van der Waals surface area contributed by atoms with E-state index in [1.807, 2.05) is 0 Å². The Balaban J connectivity index is 2.08. The summed E-state index contributed by atoms with van der Waals surface area (Å²) in [5.41, 5.74) is 2.64. The van der Waals surface area contributed by atoms with E-state index in [0.29, 0.717) is 15.0 Å². The summed E-state index contributed by atoms with van der Waals surface area (Å²) in [5.74, 6) is 0. The second-order valence-corrected chi connectivity index (χ2v) is 7.49. The van der Waals surface area contributed by atoms with Crippen molar-refractivity contribution in [2.24, 2.45) is 0 Å². The first-order valence-corrected chi connectivity index (χ1v) is 9.40. The molecule has 0 bridgehead atoms. The van der Waals surface area contributed by atoms with E-state index in [1.54, 1.807) is 0 Å². The second kappa shape index (κ2) is 8.26. The number of halogens is 1. The molecule has 2 aromatic carbocycles. The zero-order valence-corrected chi connectivity index (χ0v) is 14.7. The molecule has 0 atom stereocenters. The number of hydrogen-bond acceptors (Lipinski definition) is 0. The molecule has 0 saturated carbocycles. The van der Waals surface area contributed by atoms with Crippen LogP contribution in [0.25, 0.3) is 6.08 Å². The van der Waals surface area contributed by atoms with Crippen LogP contribution >= 0.6 is 15.9 Å². The van der Waals surface area contributed by atoms with Crippen molar-refractivity contribution in [2.45, 2.75) is 12.2 Å². The summed E-state index contributed by atoms with van der Waals surface area (Å²) < 4.78 is 2.57. The van der Waals surface area contributed by atoms with Gasteiger partial charge in [0.15, 0.2) is 0 Å². The molecule has 0 fully saturated rings. The Morgan fingerprint density at radius 3 is 2.40 bits per heavy atom. The molecule has 0 heterocycles. The molecule has 0 amide bonds. The molecule has 0 radical (unpaired) electrons. The summed E-state index contributed by atoms with van der Waals surface area (Å²) in [6, 6.07) is 19.2. The maximum absolute atomic E-state index is 3.47. The van der Waals surface area contributed by atoms with Gasteiger partial charge in [-0.1, -0.05) is 0 Å². The summed E-state index contributed by atoms with van der Waals surface area (Å²) in [7, 11) is 0. The summed E-state index contributed by atoms with van der Waals surface area (Å²) in [6.45, 7) is 2.07. The Hall–Kier alpha value is -1.08. The van der Waals surface area contributed by atoms with E-state index in [1.165, 1.54) is 15.6 Å². The van der Waals surface area contributed by atoms with Crippen molar-refractivity contribution < 1.29 is 0 Å². The molecule has 0 nitrogen and oxygen atoms in total. The van der Waals surface area contributed by atoms with E-state index in [-0.39, 0.29) is 0 Å². The minimum atomic E-state index is 0.488. The first kappa shape index (κ1) is 15.3. The van der Waals surface area contributed by atoms with Crippen LogP contribution in [0.15, 0.2) is 76.8 Å². The van der Waals surface area contributed by atoms with Crippen molar-refractivity contribution >= 4 is 41.4 Å². The van der Waals surface area contributed by atoms with Gasteiger partial charge in [0.2, 0.25) is 0 Å². The molecule has 2 aromatic rings. The van der Waals surface area contributed by atoms with Gasteiger partial charge >= 0.3 is 136 Å². The monoisotopic (exact) mass is 392 g/mol. The molecule has 0 aromatic heterocycles. The van der Waals surface area contributed by atoms with Gasteiger partial charge in [-0.15, -0.1) is 0 Å². The second-order valence-electron chi connectivity index (χ2n) is 4.37. The first-order chi connectivity index (χ1) is 9.78. The van der Waals surface area contributed by atoms with E-state index in [0.717, 1.165) is 9.79 Å². The molecule has 2 heteroatoms. The van der Waals surface area contributed by atoms with Gasteiger partial charge in [-0.05, 0) is 0 Å². The third-order valence-corrected chi connectivity index (χ3v) is 5.55. The van der Waals surface area contributed by atoms with Gasteiger partial charge in [-0.2, -0.15) is 0 Å². The SMILES string of the molecule is C/C=C/C(=C\c1ccc(Br)cc1)C[Se]c1ccccc1. The number of allylic oxidation sites excluding steroid dienone is 3. The quantitative estimate of drug-likeness (QED) is 0.504. The van der Waals surface area contributed by atoms with Crippen molar-refractivity contribution in [1.82, 2.24) is 0 Å². The predicted octanol–water partition coefficient (Wildman–Crippen LogP) is 4.86. The fourth-order valence-corrected chi connectivity index (χ4v) is 3.88. The van der Waals surface area contributed by atoms with E-state index in [9.17, 15) is 0 Å². The normalized spacial score (nSPS) is 12.0. The van der Waals surface area contributed by atoms with E-state index < -0.39 is 0 Å². The molecule has 0 aliphatic rings. The zero-order valence-electron chi connectivity index (χ0n) is 11.4. The van der Waals surface area contributed by atoms with E-state index in [4.69, 9.17) is 0 Å². The third-order valence-electron chi connectivity index (χ3n) is 2.75. The van der Waals surface area contributed by atoms with Gasteiger partial charge in [-0.3, -0.25) is 0 Å². The topological polar surface area (TPSA) is 0 Å². The molecule has 102 valence electrons. The molecule has 0 spiro atoms. The third kappa shape index (κ3) is 5.13. The van der Waals surface area contributed by atoms with Crippen LogP contribution < -0.4 is 4.46 Å². The van der Waals surface area contributed by atoms with Gasteiger partial charge in [0, 0.05) is 0 Å². The molecular weight excluding hydrogens is 375 g/mol. The van der Waals surface area contributed by atoms with Gasteiger partial charge in [0.05, 0.1) is 0 Å². The number of hydrogen-bond donors (Lipinski definition) is 0. The van der Waals surface area contributed by atoms with Crippen molar-refractivity contribution in [1.29, 1.82) is 0 Å². The van der Waals surface area contributed by atoms with Gasteiger partial charge in [0.25, 0.3) is 0 Å². The summed E-state index contributed by atoms with van der Waals surface area (Å²) in [6.07, 6.45) is 6.61. The average molecular weight is 392 g/mol. The van der Waals surface area contributed by atoms with Crippen LogP contribution in [0.1, 0.15) is 12.5 Å². The fourth-order valence-electron chi connectivity index (χ4n) is 1.81. The molecule has 0 aliphatic carbocycles. The van der Waals surface area contributed by atoms with Crippen LogP contribution in [0.5, 0.6) is 0 Å². The van der Waals surface area contributed by atoms with E-state index >= 15 is 0 Å². The fraction of sp³-hybridized carbons (Fsp3) is 0.111. The molecular formula is C18H17BrSe. The molecule has 0 saturated heterocycles. The Morgan fingerprint density at radius 1 is 1.05 bits per heavy atom. The van der Waals surface area contributed by atoms with Gasteiger partial charge < -0.3 is 0 Å². The Kier molecular flexibility index (Phi) is 6.32. The Bertz CT molecular complexity index is 583. The first-order valence-electron chi connectivity index (χ1n) is 6.54. The van der Waals surface area contributed by atoms with Crippen LogP contribution in [0.2, 0.25) is 5.32 Å². The van der Waals surface area contributed by atoms with Gasteiger partial charge in [0.1, 0.15) is 0 Å². The van der Waals surface area contributed by atoms with Crippen LogP contribution in [-0.2, 0) is 0 Å². The van der Waals surface area contributed by atoms with Crippen LogP contribution in [0, 0.1) is 0 Å². The molecule has 0 N–H and O–H groups in total. The van der Waals surface area contributed by atoms with Crippen LogP contribution in [0.3, 0.4) is 0 Å². The summed E-state index contributed by atoms with van der Waals surface area (Å²) in [5, 5.41) is 1.12. The zero-order chi connectivity index (χ0) is 14.2. The van der Waals surface area contributed by atoms with Crippen molar-refractivity contribution in [3.05, 3.63) is 82.4 Å². The summed E-state index contributed by atoms with van der Waals surface area (Å²) in [4.78, 5) is 0. The van der Waals surface area contributed by atoms with Crippen molar-refractivity contribution in [2.75, 3.05) is 0 Å². The predicted molar refractivity (Wildman–Crippen MR) is 93.6 cm³/mol. The molecule has 0 aliphatic heterocycles. The number of rotatable bonds is 5. The van der Waals surface area contributed by atoms with Gasteiger partial charge in [-0.25, -0.2) is 0 Å². The molecule has 0 unspecified atom stereocenters.